The lowest BCUT2D eigenvalue weighted by atomic mass is 9.74. The van der Waals surface area contributed by atoms with E-state index >= 15 is 0 Å². The number of hydrogen-bond acceptors (Lipinski definition) is 1. The molecule has 0 fully saturated rings. The zero-order valence-corrected chi connectivity index (χ0v) is 8.85. The Kier molecular flexibility index (Phi) is 4.04. The second kappa shape index (κ2) is 4.13. The predicted octanol–water partition coefficient (Wildman–Crippen LogP) is 2.75. The molecule has 3 heteroatoms. The first kappa shape index (κ1) is 11.8. The first-order valence-electron chi connectivity index (χ1n) is 4.23. The van der Waals surface area contributed by atoms with E-state index in [-0.39, 0.29) is 11.3 Å². The third-order valence-electron chi connectivity index (χ3n) is 2.92. The molecule has 0 aromatic heterocycles. The molecule has 0 amide bonds. The Morgan fingerprint density at radius 3 is 2.08 bits per heavy atom. The lowest BCUT2D eigenvalue weighted by Crippen LogP contribution is -2.37. The van der Waals surface area contributed by atoms with E-state index in [1.807, 2.05) is 20.8 Å². The summed E-state index contributed by atoms with van der Waals surface area (Å²) < 4.78 is 0. The maximum absolute atomic E-state index is 10.9. The van der Waals surface area contributed by atoms with Gasteiger partial charge in [0.2, 0.25) is 0 Å². The van der Waals surface area contributed by atoms with Crippen molar-refractivity contribution >= 4 is 17.6 Å². The van der Waals surface area contributed by atoms with E-state index in [1.165, 1.54) is 0 Å². The molecule has 0 aromatic rings. The van der Waals surface area contributed by atoms with Crippen LogP contribution in [0.3, 0.4) is 0 Å². The van der Waals surface area contributed by atoms with Gasteiger partial charge in [0.15, 0.2) is 0 Å². The van der Waals surface area contributed by atoms with Gasteiger partial charge in [-0.05, 0) is 26.2 Å². The van der Waals surface area contributed by atoms with Crippen LogP contribution in [0.2, 0.25) is 0 Å². The van der Waals surface area contributed by atoms with Gasteiger partial charge in [0.25, 0.3) is 0 Å². The summed E-state index contributed by atoms with van der Waals surface area (Å²) in [5.74, 6) is -0.772. The Morgan fingerprint density at radius 1 is 1.58 bits per heavy atom. The Labute approximate surface area is 78.9 Å². The van der Waals surface area contributed by atoms with Crippen LogP contribution in [-0.4, -0.2) is 16.5 Å². The number of carbonyl (C=O) groups is 1. The first-order valence-corrected chi connectivity index (χ1v) is 4.67. The molecule has 0 radical (unpaired) electrons. The largest absolute Gasteiger partial charge is 0.481 e. The van der Waals surface area contributed by atoms with Crippen molar-refractivity contribution in [2.24, 2.45) is 11.3 Å². The fourth-order valence-corrected chi connectivity index (χ4v) is 1.45. The standard InChI is InChI=1S/C9H17ClO2/c1-5-9(4,8(11)12)6(2)7(3)10/h6-7H,5H2,1-4H3,(H,11,12). The van der Waals surface area contributed by atoms with E-state index in [0.29, 0.717) is 6.42 Å². The molecule has 0 aliphatic rings. The maximum Gasteiger partial charge on any atom is 0.309 e. The van der Waals surface area contributed by atoms with Crippen molar-refractivity contribution in [1.29, 1.82) is 0 Å². The quantitative estimate of drug-likeness (QED) is 0.696. The monoisotopic (exact) mass is 192 g/mol. The molecule has 3 atom stereocenters. The summed E-state index contributed by atoms with van der Waals surface area (Å²) in [4.78, 5) is 10.9. The molecular formula is C9H17ClO2. The number of halogens is 1. The highest BCUT2D eigenvalue weighted by molar-refractivity contribution is 6.20. The van der Waals surface area contributed by atoms with Gasteiger partial charge >= 0.3 is 5.97 Å². The van der Waals surface area contributed by atoms with E-state index < -0.39 is 11.4 Å². The minimum atomic E-state index is -0.759. The van der Waals surface area contributed by atoms with Crippen LogP contribution in [0.5, 0.6) is 0 Å². The second-order valence-corrected chi connectivity index (χ2v) is 4.23. The molecule has 0 saturated heterocycles. The SMILES string of the molecule is CCC(C)(C(=O)O)C(C)C(C)Cl. The Hall–Kier alpha value is -0.240. The average Bonchev–Trinajstić information content (AvgIpc) is 2.01. The van der Waals surface area contributed by atoms with Crippen LogP contribution in [0.1, 0.15) is 34.1 Å². The summed E-state index contributed by atoms with van der Waals surface area (Å²) in [5, 5.41) is 8.89. The summed E-state index contributed by atoms with van der Waals surface area (Å²) in [5.41, 5.74) is -0.693. The van der Waals surface area contributed by atoms with Crippen molar-refractivity contribution in [2.75, 3.05) is 0 Å². The van der Waals surface area contributed by atoms with Crippen LogP contribution in [0.4, 0.5) is 0 Å². The van der Waals surface area contributed by atoms with Gasteiger partial charge in [0.05, 0.1) is 5.41 Å². The highest BCUT2D eigenvalue weighted by atomic mass is 35.5. The van der Waals surface area contributed by atoms with E-state index in [1.54, 1.807) is 6.92 Å². The molecule has 2 nitrogen and oxygen atoms in total. The van der Waals surface area contributed by atoms with Crippen LogP contribution >= 0.6 is 11.6 Å². The zero-order valence-electron chi connectivity index (χ0n) is 8.10. The minimum absolute atomic E-state index is 0.0123. The molecule has 72 valence electrons. The van der Waals surface area contributed by atoms with Gasteiger partial charge in [-0.15, -0.1) is 11.6 Å². The number of hydrogen-bond donors (Lipinski definition) is 1. The smallest absolute Gasteiger partial charge is 0.309 e. The molecule has 0 aliphatic heterocycles. The third-order valence-corrected chi connectivity index (χ3v) is 3.29. The van der Waals surface area contributed by atoms with Crippen molar-refractivity contribution in [2.45, 2.75) is 39.5 Å². The number of alkyl halides is 1. The van der Waals surface area contributed by atoms with Crippen LogP contribution in [0.25, 0.3) is 0 Å². The maximum atomic E-state index is 10.9. The van der Waals surface area contributed by atoms with E-state index in [2.05, 4.69) is 0 Å². The van der Waals surface area contributed by atoms with Crippen molar-refractivity contribution in [3.05, 3.63) is 0 Å². The fourth-order valence-electron chi connectivity index (χ4n) is 1.17. The molecule has 0 aromatic carbocycles. The Morgan fingerprint density at radius 2 is 2.00 bits per heavy atom. The topological polar surface area (TPSA) is 37.3 Å². The van der Waals surface area contributed by atoms with Gasteiger partial charge in [-0.25, -0.2) is 0 Å². The number of aliphatic carboxylic acids is 1. The Bertz CT molecular complexity index is 168. The molecule has 0 heterocycles. The molecule has 12 heavy (non-hydrogen) atoms. The summed E-state index contributed by atoms with van der Waals surface area (Å²) in [6.45, 7) is 7.35. The highest BCUT2D eigenvalue weighted by Crippen LogP contribution is 2.35. The number of carboxylic acids is 1. The fraction of sp³-hybridized carbons (Fsp3) is 0.889. The minimum Gasteiger partial charge on any atom is -0.481 e. The lowest BCUT2D eigenvalue weighted by Gasteiger charge is -2.31. The van der Waals surface area contributed by atoms with Gasteiger partial charge in [-0.2, -0.15) is 0 Å². The molecule has 3 unspecified atom stereocenters. The van der Waals surface area contributed by atoms with E-state index in [0.717, 1.165) is 0 Å². The first-order chi connectivity index (χ1) is 5.36. The summed E-state index contributed by atoms with van der Waals surface area (Å²) in [6, 6.07) is 0. The van der Waals surface area contributed by atoms with Crippen LogP contribution in [-0.2, 0) is 4.79 Å². The predicted molar refractivity (Wildman–Crippen MR) is 50.5 cm³/mol. The van der Waals surface area contributed by atoms with Gasteiger partial charge < -0.3 is 5.11 Å². The molecule has 0 spiro atoms. The van der Waals surface area contributed by atoms with Crippen molar-refractivity contribution in [3.8, 4) is 0 Å². The summed E-state index contributed by atoms with van der Waals surface area (Å²) in [6.07, 6.45) is 0.612. The normalized spacial score (nSPS) is 21.1. The average molecular weight is 193 g/mol. The van der Waals surface area contributed by atoms with Crippen LogP contribution in [0, 0.1) is 11.3 Å². The zero-order chi connectivity index (χ0) is 9.94. The van der Waals surface area contributed by atoms with Gasteiger partial charge in [-0.3, -0.25) is 4.79 Å². The molecule has 1 N–H and O–H groups in total. The van der Waals surface area contributed by atoms with Crippen molar-refractivity contribution in [3.63, 3.8) is 0 Å². The van der Waals surface area contributed by atoms with Crippen LogP contribution in [0.15, 0.2) is 0 Å². The van der Waals surface area contributed by atoms with E-state index in [4.69, 9.17) is 16.7 Å². The number of carboxylic acid groups (broad SMARTS) is 1. The second-order valence-electron chi connectivity index (χ2n) is 3.54. The van der Waals surface area contributed by atoms with Crippen molar-refractivity contribution in [1.82, 2.24) is 0 Å². The summed E-state index contributed by atoms with van der Waals surface area (Å²) in [7, 11) is 0. The molecule has 0 aliphatic carbocycles. The highest BCUT2D eigenvalue weighted by Gasteiger charge is 2.39. The lowest BCUT2D eigenvalue weighted by molar-refractivity contribution is -0.151. The molecular weight excluding hydrogens is 176 g/mol. The van der Waals surface area contributed by atoms with Gasteiger partial charge in [-0.1, -0.05) is 13.8 Å². The number of rotatable bonds is 4. The van der Waals surface area contributed by atoms with Gasteiger partial charge in [0.1, 0.15) is 0 Å². The van der Waals surface area contributed by atoms with Gasteiger partial charge in [0, 0.05) is 5.38 Å². The van der Waals surface area contributed by atoms with Crippen LogP contribution < -0.4 is 0 Å². The molecule has 0 bridgehead atoms. The third kappa shape index (κ3) is 2.13. The van der Waals surface area contributed by atoms with Crippen molar-refractivity contribution < 1.29 is 9.90 Å². The molecule has 0 rings (SSSR count). The Balaban J connectivity index is 4.63. The van der Waals surface area contributed by atoms with E-state index in [9.17, 15) is 4.79 Å². The summed E-state index contributed by atoms with van der Waals surface area (Å²) >= 11 is 5.87. The molecule has 0 saturated carbocycles.